The van der Waals surface area contributed by atoms with Gasteiger partial charge in [-0.05, 0) is 57.0 Å². The van der Waals surface area contributed by atoms with E-state index in [-0.39, 0.29) is 5.91 Å². The van der Waals surface area contributed by atoms with Crippen LogP contribution in [-0.2, 0) is 12.0 Å². The second-order valence-electron chi connectivity index (χ2n) is 8.66. The minimum absolute atomic E-state index is 0.232. The predicted molar refractivity (Wildman–Crippen MR) is 109 cm³/mol. The molecular formula is C24H26N2O. The maximum Gasteiger partial charge on any atom is 0.241 e. The van der Waals surface area contributed by atoms with Gasteiger partial charge in [0.15, 0.2) is 0 Å². The highest BCUT2D eigenvalue weighted by atomic mass is 16.2. The number of hydrogen-bond acceptors (Lipinski definition) is 2. The minimum atomic E-state index is -0.484. The number of carbonyl (C=O) groups excluding carboxylic acids is 1. The quantitative estimate of drug-likeness (QED) is 0.620. The maximum atomic E-state index is 14.0. The highest BCUT2D eigenvalue weighted by molar-refractivity contribution is 6.01. The fourth-order valence-electron chi connectivity index (χ4n) is 5.22. The molecule has 0 bridgehead atoms. The van der Waals surface area contributed by atoms with Crippen molar-refractivity contribution >= 4 is 16.8 Å². The van der Waals surface area contributed by atoms with Gasteiger partial charge >= 0.3 is 0 Å². The normalized spacial score (nSPS) is 25.4. The fraction of sp³-hybridized carbons (Fsp3) is 0.375. The molecule has 0 fully saturated rings. The van der Waals surface area contributed by atoms with E-state index in [9.17, 15) is 4.79 Å². The Hall–Kier alpha value is -2.39. The van der Waals surface area contributed by atoms with Crippen LogP contribution in [0.1, 0.15) is 52.9 Å². The number of carbonyl (C=O) groups is 1. The fourth-order valence-corrected chi connectivity index (χ4v) is 5.22. The Bertz CT molecular complexity index is 1050. The lowest BCUT2D eigenvalue weighted by Gasteiger charge is -2.30. The number of aryl methyl sites for hydroxylation is 1. The van der Waals surface area contributed by atoms with Gasteiger partial charge in [-0.2, -0.15) is 0 Å². The summed E-state index contributed by atoms with van der Waals surface area (Å²) in [5.41, 5.74) is 5.62. The number of fused-ring (bicyclic) bond motifs is 3. The van der Waals surface area contributed by atoms with Crippen molar-refractivity contribution in [2.24, 2.45) is 0 Å². The van der Waals surface area contributed by atoms with Crippen molar-refractivity contribution in [2.75, 3.05) is 13.6 Å². The summed E-state index contributed by atoms with van der Waals surface area (Å²) >= 11 is 0. The van der Waals surface area contributed by atoms with Crippen molar-refractivity contribution in [1.29, 1.82) is 0 Å². The Labute approximate surface area is 160 Å². The lowest BCUT2D eigenvalue weighted by molar-refractivity contribution is 0.0810. The molecule has 3 heteroatoms. The first kappa shape index (κ1) is 16.8. The molecule has 27 heavy (non-hydrogen) atoms. The summed E-state index contributed by atoms with van der Waals surface area (Å²) < 4.78 is 2.09. The van der Waals surface area contributed by atoms with Gasteiger partial charge in [-0.1, -0.05) is 42.0 Å². The highest BCUT2D eigenvalue weighted by Crippen LogP contribution is 2.45. The van der Waals surface area contributed by atoms with Crippen molar-refractivity contribution in [3.8, 4) is 0 Å². The molecule has 2 unspecified atom stereocenters. The van der Waals surface area contributed by atoms with Gasteiger partial charge in [0.05, 0.1) is 10.9 Å². The molecule has 2 aliphatic heterocycles. The van der Waals surface area contributed by atoms with Crippen molar-refractivity contribution in [3.05, 3.63) is 70.9 Å². The first-order chi connectivity index (χ1) is 13.0. The lowest BCUT2D eigenvalue weighted by Crippen LogP contribution is -2.36. The van der Waals surface area contributed by atoms with E-state index in [1.807, 2.05) is 18.2 Å². The number of likely N-dealkylation sites (N-methyl/N-ethyl adjacent to an activating group) is 1. The molecule has 2 aliphatic rings. The van der Waals surface area contributed by atoms with Gasteiger partial charge in [0.25, 0.3) is 0 Å². The molecular weight excluding hydrogens is 332 g/mol. The molecule has 3 nitrogen and oxygen atoms in total. The van der Waals surface area contributed by atoms with E-state index in [1.54, 1.807) is 0 Å². The summed E-state index contributed by atoms with van der Waals surface area (Å²) in [6, 6.07) is 16.9. The Morgan fingerprint density at radius 3 is 2.67 bits per heavy atom. The van der Waals surface area contributed by atoms with E-state index >= 15 is 0 Å². The van der Waals surface area contributed by atoms with Crippen LogP contribution >= 0.6 is 0 Å². The predicted octanol–water partition coefficient (Wildman–Crippen LogP) is 4.87. The summed E-state index contributed by atoms with van der Waals surface area (Å²) in [7, 11) is 2.20. The molecule has 3 aromatic rings. The summed E-state index contributed by atoms with van der Waals surface area (Å²) in [5, 5.41) is 1.26. The average molecular weight is 358 g/mol. The van der Waals surface area contributed by atoms with E-state index in [0.717, 1.165) is 37.0 Å². The minimum Gasteiger partial charge on any atom is -0.301 e. The molecule has 0 spiro atoms. The zero-order valence-electron chi connectivity index (χ0n) is 16.3. The summed E-state index contributed by atoms with van der Waals surface area (Å²) in [4.78, 5) is 16.4. The lowest BCUT2D eigenvalue weighted by atomic mass is 9.76. The molecule has 2 atom stereocenters. The van der Waals surface area contributed by atoms with Crippen LogP contribution in [-0.4, -0.2) is 29.0 Å². The molecule has 0 saturated heterocycles. The zero-order chi connectivity index (χ0) is 18.8. The van der Waals surface area contributed by atoms with Gasteiger partial charge < -0.3 is 4.90 Å². The van der Waals surface area contributed by atoms with Crippen LogP contribution in [0.5, 0.6) is 0 Å². The third kappa shape index (κ3) is 2.34. The largest absolute Gasteiger partial charge is 0.301 e. The first-order valence-corrected chi connectivity index (χ1v) is 9.92. The summed E-state index contributed by atoms with van der Waals surface area (Å²) in [5.74, 6) is 0.650. The second-order valence-corrected chi connectivity index (χ2v) is 8.66. The number of nitrogens with zero attached hydrogens (tertiary/aromatic N) is 2. The maximum absolute atomic E-state index is 14.0. The Morgan fingerprint density at radius 1 is 1.11 bits per heavy atom. The summed E-state index contributed by atoms with van der Waals surface area (Å²) in [6.07, 6.45) is 1.94. The Balaban J connectivity index is 1.81. The molecule has 0 N–H and O–H groups in total. The third-order valence-electron chi connectivity index (χ3n) is 6.69. The number of hydrogen-bond donors (Lipinski definition) is 0. The van der Waals surface area contributed by atoms with Crippen LogP contribution < -0.4 is 0 Å². The van der Waals surface area contributed by atoms with Crippen molar-refractivity contribution < 1.29 is 4.79 Å². The van der Waals surface area contributed by atoms with Gasteiger partial charge in [-0.25, -0.2) is 0 Å². The van der Waals surface area contributed by atoms with Crippen LogP contribution in [0.15, 0.2) is 48.5 Å². The number of rotatable bonds is 1. The number of benzene rings is 2. The molecule has 0 saturated carbocycles. The van der Waals surface area contributed by atoms with Crippen LogP contribution in [0.2, 0.25) is 0 Å². The molecule has 5 rings (SSSR count). The van der Waals surface area contributed by atoms with Crippen LogP contribution in [0.3, 0.4) is 0 Å². The molecule has 1 aromatic heterocycles. The van der Waals surface area contributed by atoms with Gasteiger partial charge in [0.1, 0.15) is 0 Å². The molecule has 0 aliphatic carbocycles. The molecule has 0 amide bonds. The van der Waals surface area contributed by atoms with Crippen LogP contribution in [0.25, 0.3) is 10.9 Å². The molecule has 3 heterocycles. The van der Waals surface area contributed by atoms with E-state index in [1.165, 1.54) is 22.2 Å². The average Bonchev–Trinajstić information content (AvgIpc) is 2.93. The van der Waals surface area contributed by atoms with Crippen molar-refractivity contribution in [1.82, 2.24) is 9.47 Å². The standard InChI is InChI=1S/C24H26N2O/c1-16-9-10-21-19(13-16)20-15-25(3)14-17-11-12-24(2,18-7-5-4-6-8-18)23(27)26(21)22(17)20/h4-10,13,17H,11-12,14-15H2,1-3H3. The molecule has 0 radical (unpaired) electrons. The van der Waals surface area contributed by atoms with Crippen LogP contribution in [0, 0.1) is 6.92 Å². The third-order valence-corrected chi connectivity index (χ3v) is 6.69. The summed E-state index contributed by atoms with van der Waals surface area (Å²) in [6.45, 7) is 6.22. The van der Waals surface area contributed by atoms with E-state index in [2.05, 4.69) is 60.7 Å². The van der Waals surface area contributed by atoms with Crippen molar-refractivity contribution in [2.45, 2.75) is 44.6 Å². The van der Waals surface area contributed by atoms with Crippen molar-refractivity contribution in [3.63, 3.8) is 0 Å². The highest BCUT2D eigenvalue weighted by Gasteiger charge is 2.44. The topological polar surface area (TPSA) is 25.2 Å². The van der Waals surface area contributed by atoms with Gasteiger partial charge in [0, 0.05) is 30.1 Å². The Morgan fingerprint density at radius 2 is 1.89 bits per heavy atom. The van der Waals surface area contributed by atoms with E-state index < -0.39 is 5.41 Å². The van der Waals surface area contributed by atoms with Gasteiger partial charge in [-0.3, -0.25) is 9.36 Å². The zero-order valence-corrected chi connectivity index (χ0v) is 16.3. The van der Waals surface area contributed by atoms with Crippen LogP contribution in [0.4, 0.5) is 0 Å². The Kier molecular flexibility index (Phi) is 3.60. The first-order valence-electron chi connectivity index (χ1n) is 9.92. The van der Waals surface area contributed by atoms with E-state index in [0.29, 0.717) is 5.92 Å². The van der Waals surface area contributed by atoms with Gasteiger partial charge in [-0.15, -0.1) is 0 Å². The number of aromatic nitrogens is 1. The smallest absolute Gasteiger partial charge is 0.241 e. The second kappa shape index (κ2) is 5.80. The SMILES string of the molecule is Cc1ccc2c(c1)c1c3n2C(=O)C(C)(c2ccccc2)CCC3CN(C)C1. The molecule has 2 aromatic carbocycles. The monoisotopic (exact) mass is 358 g/mol. The molecule has 138 valence electrons. The van der Waals surface area contributed by atoms with Gasteiger partial charge in [0.2, 0.25) is 5.91 Å². The van der Waals surface area contributed by atoms with E-state index in [4.69, 9.17) is 0 Å².